The lowest BCUT2D eigenvalue weighted by molar-refractivity contribution is 0.0926. The minimum Gasteiger partial charge on any atom is -0.497 e. The zero-order valence-corrected chi connectivity index (χ0v) is 19.8. The molecule has 0 saturated carbocycles. The molecule has 3 amide bonds. The van der Waals surface area contributed by atoms with Gasteiger partial charge < -0.3 is 14.8 Å². The number of imide groups is 1. The Labute approximate surface area is 199 Å². The van der Waals surface area contributed by atoms with Gasteiger partial charge in [-0.3, -0.25) is 19.6 Å². The van der Waals surface area contributed by atoms with Crippen molar-refractivity contribution in [2.24, 2.45) is 0 Å². The third-order valence-electron chi connectivity index (χ3n) is 4.40. The summed E-state index contributed by atoms with van der Waals surface area (Å²) in [6.45, 7) is 1.71. The molecule has 3 aromatic rings. The molecule has 0 radical (unpaired) electrons. The number of hydrogen-bond donors (Lipinski definition) is 3. The Balaban J connectivity index is 1.68. The Hall–Kier alpha value is -3.90. The van der Waals surface area contributed by atoms with Gasteiger partial charge in [-0.1, -0.05) is 0 Å². The number of alkyl carbamates (subject to hydrolysis) is 1. The highest BCUT2D eigenvalue weighted by Crippen LogP contribution is 2.24. The van der Waals surface area contributed by atoms with Crippen LogP contribution in [-0.4, -0.2) is 40.0 Å². The van der Waals surface area contributed by atoms with E-state index in [2.05, 4.69) is 20.1 Å². The summed E-state index contributed by atoms with van der Waals surface area (Å²) in [6.07, 6.45) is -0.893. The maximum Gasteiger partial charge on any atom is 0.414 e. The van der Waals surface area contributed by atoms with Crippen LogP contribution in [0.3, 0.4) is 0 Å². The number of ether oxygens (including phenoxy) is 2. The first kappa shape index (κ1) is 24.7. The lowest BCUT2D eigenvalue weighted by atomic mass is 10.2. The molecule has 0 atom stereocenters. The van der Waals surface area contributed by atoms with Crippen LogP contribution in [0.1, 0.15) is 27.6 Å². The van der Waals surface area contributed by atoms with Gasteiger partial charge in [-0.25, -0.2) is 13.2 Å². The number of rotatable bonds is 8. The second-order valence-corrected chi connectivity index (χ2v) is 9.25. The fourth-order valence-electron chi connectivity index (χ4n) is 2.75. The highest BCUT2D eigenvalue weighted by atomic mass is 32.2. The Morgan fingerprint density at radius 2 is 1.62 bits per heavy atom. The Morgan fingerprint density at radius 3 is 2.24 bits per heavy atom. The minimum absolute atomic E-state index is 0.0366. The van der Waals surface area contributed by atoms with Gasteiger partial charge in [-0.05, 0) is 66.9 Å². The van der Waals surface area contributed by atoms with Crippen molar-refractivity contribution in [2.75, 3.05) is 23.8 Å². The highest BCUT2D eigenvalue weighted by molar-refractivity contribution is 7.92. The molecule has 3 N–H and O–H groups in total. The van der Waals surface area contributed by atoms with Crippen LogP contribution in [0.5, 0.6) is 5.75 Å². The quantitative estimate of drug-likeness (QED) is 0.426. The summed E-state index contributed by atoms with van der Waals surface area (Å²) in [5, 5.41) is 6.46. The van der Waals surface area contributed by atoms with Crippen LogP contribution >= 0.6 is 11.3 Å². The molecule has 10 nitrogen and oxygen atoms in total. The average Bonchev–Trinajstić information content (AvgIpc) is 3.28. The number of anilines is 2. The number of thiophene rings is 1. The van der Waals surface area contributed by atoms with Crippen molar-refractivity contribution in [1.29, 1.82) is 0 Å². The summed E-state index contributed by atoms with van der Waals surface area (Å²) in [5.74, 6) is -0.689. The van der Waals surface area contributed by atoms with E-state index >= 15 is 0 Å². The maximum absolute atomic E-state index is 12.6. The van der Waals surface area contributed by atoms with Gasteiger partial charge in [-0.15, -0.1) is 11.3 Å². The molecule has 2 aromatic carbocycles. The number of methoxy groups -OCH3 is 1. The summed E-state index contributed by atoms with van der Waals surface area (Å²) in [6, 6.07) is 13.1. The topological polar surface area (TPSA) is 140 Å². The maximum atomic E-state index is 12.6. The van der Waals surface area contributed by atoms with Crippen LogP contribution in [0, 0.1) is 0 Å². The number of carbonyl (C=O) groups is 3. The van der Waals surface area contributed by atoms with Crippen molar-refractivity contribution in [2.45, 2.75) is 11.8 Å². The van der Waals surface area contributed by atoms with Crippen LogP contribution in [-0.2, 0) is 14.8 Å². The monoisotopic (exact) mass is 503 g/mol. The predicted octanol–water partition coefficient (Wildman–Crippen LogP) is 3.70. The van der Waals surface area contributed by atoms with E-state index in [1.807, 2.05) is 0 Å². The van der Waals surface area contributed by atoms with Crippen molar-refractivity contribution in [3.05, 3.63) is 71.1 Å². The van der Waals surface area contributed by atoms with Crippen LogP contribution in [0.25, 0.3) is 0 Å². The van der Waals surface area contributed by atoms with Crippen molar-refractivity contribution in [3.63, 3.8) is 0 Å². The summed E-state index contributed by atoms with van der Waals surface area (Å²) in [7, 11) is -2.37. The first-order valence-electron chi connectivity index (χ1n) is 9.87. The Bertz CT molecular complexity index is 1280. The molecule has 0 aliphatic rings. The van der Waals surface area contributed by atoms with E-state index in [4.69, 9.17) is 4.74 Å². The molecular weight excluding hydrogens is 482 g/mol. The standard InChI is InChI=1S/C22H21N3O7S2/c1-3-32-22(28)24-20(27)18-12-13-33-21(18)23-19(26)14-4-10-17(11-5-14)34(29,30)25-15-6-8-16(31-2)9-7-15/h4-13,25H,3H2,1-2H3,(H,23,26)(H,24,27,28). The molecule has 0 bridgehead atoms. The summed E-state index contributed by atoms with van der Waals surface area (Å²) >= 11 is 1.09. The second kappa shape index (κ2) is 10.8. The predicted molar refractivity (Wildman–Crippen MR) is 127 cm³/mol. The van der Waals surface area contributed by atoms with Crippen molar-refractivity contribution >= 4 is 50.0 Å². The van der Waals surface area contributed by atoms with Crippen molar-refractivity contribution < 1.29 is 32.3 Å². The molecule has 0 spiro atoms. The summed E-state index contributed by atoms with van der Waals surface area (Å²) in [4.78, 5) is 36.3. The summed E-state index contributed by atoms with van der Waals surface area (Å²) < 4.78 is 37.4. The molecule has 12 heteroatoms. The third kappa shape index (κ3) is 6.11. The van der Waals surface area contributed by atoms with Crippen LogP contribution in [0.4, 0.5) is 15.5 Å². The number of benzene rings is 2. The Morgan fingerprint density at radius 1 is 0.941 bits per heavy atom. The molecule has 34 heavy (non-hydrogen) atoms. The fraction of sp³-hybridized carbons (Fsp3) is 0.136. The Kier molecular flexibility index (Phi) is 7.87. The first-order chi connectivity index (χ1) is 16.2. The van der Waals surface area contributed by atoms with E-state index in [1.54, 1.807) is 36.6 Å². The molecule has 3 rings (SSSR count). The van der Waals surface area contributed by atoms with Gasteiger partial charge in [0, 0.05) is 11.3 Å². The number of amides is 3. The van der Waals surface area contributed by atoms with Crippen LogP contribution in [0.15, 0.2) is 64.9 Å². The molecule has 0 saturated heterocycles. The average molecular weight is 504 g/mol. The highest BCUT2D eigenvalue weighted by Gasteiger charge is 2.19. The van der Waals surface area contributed by atoms with Crippen molar-refractivity contribution in [1.82, 2.24) is 5.32 Å². The fourth-order valence-corrected chi connectivity index (χ4v) is 4.58. The van der Waals surface area contributed by atoms with Crippen molar-refractivity contribution in [3.8, 4) is 5.75 Å². The lowest BCUT2D eigenvalue weighted by Crippen LogP contribution is -2.31. The molecule has 1 heterocycles. The smallest absolute Gasteiger partial charge is 0.414 e. The molecule has 0 fully saturated rings. The normalized spacial score (nSPS) is 10.8. The molecule has 0 unspecified atom stereocenters. The van der Waals surface area contributed by atoms with E-state index in [9.17, 15) is 22.8 Å². The van der Waals surface area contributed by atoms with Gasteiger partial charge in [0.25, 0.3) is 21.8 Å². The van der Waals surface area contributed by atoms with Gasteiger partial charge >= 0.3 is 6.09 Å². The van der Waals surface area contributed by atoms with Crippen LogP contribution in [0.2, 0.25) is 0 Å². The lowest BCUT2D eigenvalue weighted by Gasteiger charge is -2.10. The molecule has 0 aliphatic heterocycles. The van der Waals surface area contributed by atoms with Gasteiger partial charge in [0.2, 0.25) is 0 Å². The molecule has 0 aliphatic carbocycles. The largest absolute Gasteiger partial charge is 0.497 e. The number of carbonyl (C=O) groups excluding carboxylic acids is 3. The van der Waals surface area contributed by atoms with E-state index in [0.717, 1.165) is 11.3 Å². The van der Waals surface area contributed by atoms with E-state index < -0.39 is 27.9 Å². The van der Waals surface area contributed by atoms with Gasteiger partial charge in [-0.2, -0.15) is 0 Å². The second-order valence-electron chi connectivity index (χ2n) is 6.65. The SMILES string of the molecule is CCOC(=O)NC(=O)c1ccsc1NC(=O)c1ccc(S(=O)(=O)Nc2ccc(OC)cc2)cc1. The van der Waals surface area contributed by atoms with Gasteiger partial charge in [0.1, 0.15) is 10.8 Å². The summed E-state index contributed by atoms with van der Waals surface area (Å²) in [5.41, 5.74) is 0.622. The molecular formula is C22H21N3O7S2. The third-order valence-corrected chi connectivity index (χ3v) is 6.62. The van der Waals surface area contributed by atoms with Crippen LogP contribution < -0.4 is 20.1 Å². The van der Waals surface area contributed by atoms with E-state index in [-0.39, 0.29) is 27.6 Å². The number of sulfonamides is 1. The van der Waals surface area contributed by atoms with E-state index in [1.165, 1.54) is 37.4 Å². The van der Waals surface area contributed by atoms with Gasteiger partial charge in [0.05, 0.1) is 24.2 Å². The van der Waals surface area contributed by atoms with Gasteiger partial charge in [0.15, 0.2) is 0 Å². The first-order valence-corrected chi connectivity index (χ1v) is 12.2. The number of nitrogens with one attached hydrogen (secondary N) is 3. The molecule has 1 aromatic heterocycles. The zero-order chi connectivity index (χ0) is 24.7. The minimum atomic E-state index is -3.88. The zero-order valence-electron chi connectivity index (χ0n) is 18.2. The number of hydrogen-bond acceptors (Lipinski definition) is 8. The van der Waals surface area contributed by atoms with E-state index in [0.29, 0.717) is 11.4 Å². The molecule has 178 valence electrons.